The zero-order chi connectivity index (χ0) is 11.7. The predicted molar refractivity (Wildman–Crippen MR) is 57.0 cm³/mol. The Labute approximate surface area is 96.7 Å². The fraction of sp³-hybridized carbons (Fsp3) is 0.300. The van der Waals surface area contributed by atoms with Crippen LogP contribution in [-0.4, -0.2) is 24.7 Å². The first-order chi connectivity index (χ1) is 7.69. The number of carbonyl (C=O) groups is 1. The van der Waals surface area contributed by atoms with Crippen molar-refractivity contribution in [2.24, 2.45) is 5.73 Å². The summed E-state index contributed by atoms with van der Waals surface area (Å²) in [5.74, 6) is 0.606. The van der Waals surface area contributed by atoms with Gasteiger partial charge in [-0.2, -0.15) is 0 Å². The number of hydrogen-bond donors (Lipinski definition) is 2. The Kier molecular flexibility index (Phi) is 3.00. The van der Waals surface area contributed by atoms with Gasteiger partial charge in [-0.3, -0.25) is 4.79 Å². The fourth-order valence-electron chi connectivity index (χ4n) is 1.57. The van der Waals surface area contributed by atoms with Crippen LogP contribution in [0.1, 0.15) is 22.0 Å². The first kappa shape index (κ1) is 11.2. The largest absolute Gasteiger partial charge is 0.453 e. The van der Waals surface area contributed by atoms with E-state index in [1.165, 1.54) is 6.07 Å². The van der Waals surface area contributed by atoms with E-state index in [1.807, 2.05) is 0 Å². The minimum Gasteiger partial charge on any atom is -0.453 e. The summed E-state index contributed by atoms with van der Waals surface area (Å²) in [6.45, 7) is 0.0351. The van der Waals surface area contributed by atoms with E-state index in [0.717, 1.165) is 0 Å². The van der Waals surface area contributed by atoms with Crippen molar-refractivity contribution in [3.63, 3.8) is 0 Å². The predicted octanol–water partition coefficient (Wildman–Crippen LogP) is 0.873. The third-order valence-corrected chi connectivity index (χ3v) is 2.67. The number of nitrogens with two attached hydrogens (primary N) is 1. The smallest absolute Gasteiger partial charge is 0.231 e. The van der Waals surface area contributed by atoms with E-state index in [4.69, 9.17) is 26.8 Å². The molecule has 0 amide bonds. The topological polar surface area (TPSA) is 81.8 Å². The molecule has 2 rings (SSSR count). The van der Waals surface area contributed by atoms with E-state index in [2.05, 4.69) is 0 Å². The molecule has 1 aliphatic heterocycles. The third kappa shape index (κ3) is 1.63. The lowest BCUT2D eigenvalue weighted by atomic mass is 10.0. The van der Waals surface area contributed by atoms with Crippen LogP contribution in [0.15, 0.2) is 6.07 Å². The van der Waals surface area contributed by atoms with Crippen LogP contribution in [0.4, 0.5) is 0 Å². The zero-order valence-electron chi connectivity index (χ0n) is 8.27. The lowest BCUT2D eigenvalue weighted by Gasteiger charge is -2.12. The van der Waals surface area contributed by atoms with E-state index in [9.17, 15) is 9.90 Å². The summed E-state index contributed by atoms with van der Waals surface area (Å²) in [6, 6.07) is 1.47. The highest BCUT2D eigenvalue weighted by Crippen LogP contribution is 2.43. The normalized spacial score (nSPS) is 14.9. The maximum absolute atomic E-state index is 10.8. The van der Waals surface area contributed by atoms with Crippen LogP contribution < -0.4 is 15.2 Å². The van der Waals surface area contributed by atoms with E-state index in [1.54, 1.807) is 0 Å². The van der Waals surface area contributed by atoms with Crippen molar-refractivity contribution < 1.29 is 19.4 Å². The number of aliphatic hydroxyl groups excluding tert-OH is 1. The van der Waals surface area contributed by atoms with Crippen molar-refractivity contribution in [3.8, 4) is 11.5 Å². The SMILES string of the molecule is NCC(O)c1cc(Cl)c(C=O)c2c1OCO2. The lowest BCUT2D eigenvalue weighted by molar-refractivity contribution is 0.111. The summed E-state index contributed by atoms with van der Waals surface area (Å²) < 4.78 is 10.3. The molecule has 0 saturated heterocycles. The monoisotopic (exact) mass is 243 g/mol. The van der Waals surface area contributed by atoms with Gasteiger partial charge in [0, 0.05) is 12.1 Å². The van der Waals surface area contributed by atoms with Gasteiger partial charge in [-0.1, -0.05) is 11.6 Å². The average Bonchev–Trinajstić information content (AvgIpc) is 2.75. The molecule has 0 aliphatic carbocycles. The van der Waals surface area contributed by atoms with Crippen molar-refractivity contribution in [1.82, 2.24) is 0 Å². The summed E-state index contributed by atoms with van der Waals surface area (Å²) in [7, 11) is 0. The van der Waals surface area contributed by atoms with Crippen LogP contribution in [0, 0.1) is 0 Å². The van der Waals surface area contributed by atoms with Gasteiger partial charge < -0.3 is 20.3 Å². The Hall–Kier alpha value is -1.30. The fourth-order valence-corrected chi connectivity index (χ4v) is 1.81. The molecule has 1 aromatic rings. The maximum Gasteiger partial charge on any atom is 0.231 e. The summed E-state index contributed by atoms with van der Waals surface area (Å²) in [5, 5.41) is 9.88. The Balaban J connectivity index is 2.61. The molecule has 3 N–H and O–H groups in total. The number of halogens is 1. The minimum absolute atomic E-state index is 0.000801. The van der Waals surface area contributed by atoms with Crippen LogP contribution >= 0.6 is 11.6 Å². The van der Waals surface area contributed by atoms with Crippen molar-refractivity contribution >= 4 is 17.9 Å². The highest BCUT2D eigenvalue weighted by atomic mass is 35.5. The zero-order valence-corrected chi connectivity index (χ0v) is 9.03. The molecule has 86 valence electrons. The van der Waals surface area contributed by atoms with Gasteiger partial charge in [0.2, 0.25) is 6.79 Å². The van der Waals surface area contributed by atoms with Crippen LogP contribution in [0.3, 0.4) is 0 Å². The summed E-state index contributed by atoms with van der Waals surface area (Å²) >= 11 is 5.90. The van der Waals surface area contributed by atoms with Crippen LogP contribution in [-0.2, 0) is 0 Å². The van der Waals surface area contributed by atoms with Gasteiger partial charge in [-0.05, 0) is 6.07 Å². The van der Waals surface area contributed by atoms with Gasteiger partial charge in [-0.25, -0.2) is 0 Å². The number of rotatable bonds is 3. The highest BCUT2D eigenvalue weighted by molar-refractivity contribution is 6.33. The number of carbonyl (C=O) groups excluding carboxylic acids is 1. The molecule has 16 heavy (non-hydrogen) atoms. The molecule has 5 nitrogen and oxygen atoms in total. The molecule has 1 heterocycles. The van der Waals surface area contributed by atoms with Gasteiger partial charge in [0.15, 0.2) is 17.8 Å². The minimum atomic E-state index is -0.895. The molecular formula is C10H10ClNO4. The van der Waals surface area contributed by atoms with E-state index in [0.29, 0.717) is 17.6 Å². The van der Waals surface area contributed by atoms with E-state index < -0.39 is 6.10 Å². The first-order valence-electron chi connectivity index (χ1n) is 4.64. The molecule has 0 aromatic heterocycles. The number of benzene rings is 1. The second kappa shape index (κ2) is 4.29. The lowest BCUT2D eigenvalue weighted by Crippen LogP contribution is -2.12. The molecule has 6 heteroatoms. The number of ether oxygens (including phenoxy) is 2. The second-order valence-corrected chi connectivity index (χ2v) is 3.70. The van der Waals surface area contributed by atoms with Gasteiger partial charge in [-0.15, -0.1) is 0 Å². The molecule has 0 fully saturated rings. The molecule has 1 aromatic carbocycles. The van der Waals surface area contributed by atoms with Gasteiger partial charge in [0.1, 0.15) is 0 Å². The molecule has 1 unspecified atom stereocenters. The second-order valence-electron chi connectivity index (χ2n) is 3.30. The Morgan fingerprint density at radius 3 is 2.88 bits per heavy atom. The standard InChI is InChI=1S/C10H10ClNO4/c11-7-1-5(8(14)2-12)9-10(6(7)3-13)16-4-15-9/h1,3,8,14H,2,4,12H2. The Bertz CT molecular complexity index is 435. The van der Waals surface area contributed by atoms with Crippen LogP contribution in [0.5, 0.6) is 11.5 Å². The highest BCUT2D eigenvalue weighted by Gasteiger charge is 2.27. The van der Waals surface area contributed by atoms with Crippen molar-refractivity contribution in [2.45, 2.75) is 6.10 Å². The summed E-state index contributed by atoms with van der Waals surface area (Å²) in [5.41, 5.74) is 6.02. The number of aliphatic hydroxyl groups is 1. The number of hydrogen-bond acceptors (Lipinski definition) is 5. The van der Waals surface area contributed by atoms with E-state index in [-0.39, 0.29) is 29.7 Å². The molecule has 0 saturated carbocycles. The quantitative estimate of drug-likeness (QED) is 0.770. The van der Waals surface area contributed by atoms with Crippen molar-refractivity contribution in [1.29, 1.82) is 0 Å². The summed E-state index contributed by atoms with van der Waals surface area (Å²) in [4.78, 5) is 10.8. The third-order valence-electron chi connectivity index (χ3n) is 2.36. The van der Waals surface area contributed by atoms with E-state index >= 15 is 0 Å². The molecule has 1 atom stereocenters. The van der Waals surface area contributed by atoms with Crippen LogP contribution in [0.2, 0.25) is 5.02 Å². The molecule has 0 radical (unpaired) electrons. The molecular weight excluding hydrogens is 234 g/mol. The first-order valence-corrected chi connectivity index (χ1v) is 5.02. The molecule has 1 aliphatic rings. The summed E-state index contributed by atoms with van der Waals surface area (Å²) in [6.07, 6.45) is -0.303. The van der Waals surface area contributed by atoms with Gasteiger partial charge in [0.25, 0.3) is 0 Å². The number of aldehydes is 1. The number of fused-ring (bicyclic) bond motifs is 1. The molecule has 0 bridgehead atoms. The van der Waals surface area contributed by atoms with Crippen molar-refractivity contribution in [2.75, 3.05) is 13.3 Å². The average molecular weight is 244 g/mol. The van der Waals surface area contributed by atoms with Gasteiger partial charge >= 0.3 is 0 Å². The molecule has 0 spiro atoms. The van der Waals surface area contributed by atoms with Crippen LogP contribution in [0.25, 0.3) is 0 Å². The Morgan fingerprint density at radius 1 is 1.56 bits per heavy atom. The van der Waals surface area contributed by atoms with Crippen molar-refractivity contribution in [3.05, 3.63) is 22.2 Å². The Morgan fingerprint density at radius 2 is 2.25 bits per heavy atom. The maximum atomic E-state index is 10.8. The van der Waals surface area contributed by atoms with Gasteiger partial charge in [0.05, 0.1) is 16.7 Å².